The molecular formula is C9H13N2O3+. The second-order valence-corrected chi connectivity index (χ2v) is 2.93. The summed E-state index contributed by atoms with van der Waals surface area (Å²) in [6, 6.07) is 1.37. The molecule has 0 spiro atoms. The Kier molecular flexibility index (Phi) is 3.41. The Hall–Kier alpha value is -1.62. The Morgan fingerprint density at radius 2 is 2.29 bits per heavy atom. The molecule has 14 heavy (non-hydrogen) atoms. The molecule has 0 saturated heterocycles. The van der Waals surface area contributed by atoms with Gasteiger partial charge >= 0.3 is 5.97 Å². The molecule has 1 heterocycles. The lowest BCUT2D eigenvalue weighted by Crippen LogP contribution is -2.34. The first-order valence-corrected chi connectivity index (χ1v) is 4.30. The summed E-state index contributed by atoms with van der Waals surface area (Å²) >= 11 is 0. The molecule has 0 amide bonds. The van der Waals surface area contributed by atoms with Crippen LogP contribution in [0.3, 0.4) is 0 Å². The molecule has 5 nitrogen and oxygen atoms in total. The highest BCUT2D eigenvalue weighted by Gasteiger charge is 2.13. The van der Waals surface area contributed by atoms with Crippen molar-refractivity contribution in [2.75, 3.05) is 6.54 Å². The van der Waals surface area contributed by atoms with Gasteiger partial charge in [-0.25, -0.2) is 9.36 Å². The highest BCUT2D eigenvalue weighted by atomic mass is 16.4. The molecule has 0 aromatic carbocycles. The van der Waals surface area contributed by atoms with Gasteiger partial charge in [0.05, 0.1) is 0 Å². The molecule has 5 heteroatoms. The number of hydrogen-bond acceptors (Lipinski definition) is 3. The topological polar surface area (TPSA) is 87.4 Å². The lowest BCUT2D eigenvalue weighted by molar-refractivity contribution is -0.697. The number of rotatable bonds is 4. The van der Waals surface area contributed by atoms with E-state index in [1.165, 1.54) is 12.3 Å². The first-order chi connectivity index (χ1) is 6.65. The predicted octanol–water partition coefficient (Wildman–Crippen LogP) is -0.273. The van der Waals surface area contributed by atoms with Crippen molar-refractivity contribution in [1.82, 2.24) is 0 Å². The number of carboxylic acid groups (broad SMARTS) is 1. The summed E-state index contributed by atoms with van der Waals surface area (Å²) in [6.07, 6.45) is 3.79. The van der Waals surface area contributed by atoms with Gasteiger partial charge in [0, 0.05) is 12.5 Å². The van der Waals surface area contributed by atoms with Crippen molar-refractivity contribution < 1.29 is 19.6 Å². The van der Waals surface area contributed by atoms with Gasteiger partial charge in [-0.2, -0.15) is 0 Å². The minimum Gasteiger partial charge on any atom is -0.502 e. The third-order valence-electron chi connectivity index (χ3n) is 1.85. The number of carboxylic acids is 1. The van der Waals surface area contributed by atoms with Gasteiger partial charge < -0.3 is 15.9 Å². The molecule has 76 valence electrons. The molecular weight excluding hydrogens is 184 g/mol. The van der Waals surface area contributed by atoms with Crippen molar-refractivity contribution in [3.63, 3.8) is 0 Å². The number of aryl methyl sites for hydroxylation is 1. The standard InChI is InChI=1S/C9H12N2O3/c10-3-1-4-11-5-2-7(9(13)14)8(12)6-11/h2,5-6H,1,3-4,10H2,(H-,12,13,14)/p+1. The lowest BCUT2D eigenvalue weighted by Gasteiger charge is -1.98. The van der Waals surface area contributed by atoms with Gasteiger partial charge in [-0.3, -0.25) is 0 Å². The molecule has 1 aromatic heterocycles. The normalized spacial score (nSPS) is 10.1. The van der Waals surface area contributed by atoms with Gasteiger partial charge in [0.15, 0.2) is 11.9 Å². The van der Waals surface area contributed by atoms with Crippen LogP contribution in [-0.2, 0) is 6.54 Å². The Balaban J connectivity index is 2.83. The fourth-order valence-corrected chi connectivity index (χ4v) is 1.12. The zero-order valence-corrected chi connectivity index (χ0v) is 7.68. The molecule has 0 bridgehead atoms. The lowest BCUT2D eigenvalue weighted by atomic mass is 10.2. The zero-order valence-electron chi connectivity index (χ0n) is 7.68. The fourth-order valence-electron chi connectivity index (χ4n) is 1.12. The number of nitrogens with zero attached hydrogens (tertiary/aromatic N) is 1. The van der Waals surface area contributed by atoms with E-state index in [0.717, 1.165) is 6.42 Å². The van der Waals surface area contributed by atoms with Gasteiger partial charge in [-0.15, -0.1) is 0 Å². The number of aromatic nitrogens is 1. The molecule has 4 N–H and O–H groups in total. The largest absolute Gasteiger partial charge is 0.502 e. The van der Waals surface area contributed by atoms with E-state index < -0.39 is 5.97 Å². The average molecular weight is 197 g/mol. The van der Waals surface area contributed by atoms with Crippen LogP contribution in [0.15, 0.2) is 18.5 Å². The number of aromatic carboxylic acids is 1. The maximum atomic E-state index is 10.6. The first kappa shape index (κ1) is 10.5. The first-order valence-electron chi connectivity index (χ1n) is 4.30. The van der Waals surface area contributed by atoms with E-state index in [4.69, 9.17) is 10.8 Å². The molecule has 0 aliphatic carbocycles. The maximum Gasteiger partial charge on any atom is 0.339 e. The van der Waals surface area contributed by atoms with Crippen LogP contribution in [0.2, 0.25) is 0 Å². The molecule has 0 aliphatic heterocycles. The summed E-state index contributed by atoms with van der Waals surface area (Å²) in [5.41, 5.74) is 5.23. The number of pyridine rings is 1. The molecule has 1 aromatic rings. The summed E-state index contributed by atoms with van der Waals surface area (Å²) in [7, 11) is 0. The Morgan fingerprint density at radius 1 is 1.57 bits per heavy atom. The van der Waals surface area contributed by atoms with Crippen LogP contribution in [-0.4, -0.2) is 22.7 Å². The van der Waals surface area contributed by atoms with Crippen LogP contribution < -0.4 is 10.3 Å². The second-order valence-electron chi connectivity index (χ2n) is 2.93. The van der Waals surface area contributed by atoms with Crippen molar-refractivity contribution in [3.8, 4) is 5.75 Å². The molecule has 0 fully saturated rings. The summed E-state index contributed by atoms with van der Waals surface area (Å²) in [4.78, 5) is 10.6. The maximum absolute atomic E-state index is 10.6. The minimum absolute atomic E-state index is 0.0889. The van der Waals surface area contributed by atoms with Crippen molar-refractivity contribution in [2.24, 2.45) is 5.73 Å². The number of hydrogen-bond donors (Lipinski definition) is 3. The summed E-state index contributed by atoms with van der Waals surface area (Å²) in [5, 5.41) is 18.0. The van der Waals surface area contributed by atoms with E-state index >= 15 is 0 Å². The summed E-state index contributed by atoms with van der Waals surface area (Å²) in [6.45, 7) is 1.23. The average Bonchev–Trinajstić information content (AvgIpc) is 2.14. The predicted molar refractivity (Wildman–Crippen MR) is 48.9 cm³/mol. The van der Waals surface area contributed by atoms with E-state index in [1.807, 2.05) is 0 Å². The quantitative estimate of drug-likeness (QED) is 0.580. The highest BCUT2D eigenvalue weighted by molar-refractivity contribution is 5.90. The van der Waals surface area contributed by atoms with Crippen LogP contribution >= 0.6 is 0 Å². The third-order valence-corrected chi connectivity index (χ3v) is 1.85. The number of carbonyl (C=O) groups is 1. The van der Waals surface area contributed by atoms with Gasteiger partial charge in [0.2, 0.25) is 6.20 Å². The molecule has 0 saturated carbocycles. The van der Waals surface area contributed by atoms with E-state index in [-0.39, 0.29) is 11.3 Å². The van der Waals surface area contributed by atoms with E-state index in [0.29, 0.717) is 13.1 Å². The Bertz CT molecular complexity index is 339. The SMILES string of the molecule is NCCC[n+]1ccc(C(=O)O)c(O)c1. The van der Waals surface area contributed by atoms with Crippen LogP contribution in [0.25, 0.3) is 0 Å². The van der Waals surface area contributed by atoms with Gasteiger partial charge in [0.1, 0.15) is 12.1 Å². The number of aromatic hydroxyl groups is 1. The monoisotopic (exact) mass is 197 g/mol. The van der Waals surface area contributed by atoms with E-state index in [2.05, 4.69) is 0 Å². The van der Waals surface area contributed by atoms with E-state index in [1.54, 1.807) is 10.8 Å². The molecule has 0 aliphatic rings. The van der Waals surface area contributed by atoms with Crippen LogP contribution in [0.4, 0.5) is 0 Å². The molecule has 0 atom stereocenters. The van der Waals surface area contributed by atoms with Gasteiger partial charge in [-0.05, 0) is 6.54 Å². The van der Waals surface area contributed by atoms with Crippen molar-refractivity contribution in [1.29, 1.82) is 0 Å². The molecule has 0 radical (unpaired) electrons. The Morgan fingerprint density at radius 3 is 2.79 bits per heavy atom. The second kappa shape index (κ2) is 4.57. The van der Waals surface area contributed by atoms with Crippen LogP contribution in [0.5, 0.6) is 5.75 Å². The highest BCUT2D eigenvalue weighted by Crippen LogP contribution is 2.12. The summed E-state index contributed by atoms with van der Waals surface area (Å²) < 4.78 is 1.70. The zero-order chi connectivity index (χ0) is 10.6. The smallest absolute Gasteiger partial charge is 0.339 e. The van der Waals surface area contributed by atoms with Crippen molar-refractivity contribution >= 4 is 5.97 Å². The Labute approximate surface area is 81.4 Å². The van der Waals surface area contributed by atoms with Gasteiger partial charge in [0.25, 0.3) is 0 Å². The van der Waals surface area contributed by atoms with Crippen LogP contribution in [0.1, 0.15) is 16.8 Å². The minimum atomic E-state index is -1.13. The van der Waals surface area contributed by atoms with Crippen LogP contribution in [0, 0.1) is 0 Å². The van der Waals surface area contributed by atoms with Crippen molar-refractivity contribution in [3.05, 3.63) is 24.0 Å². The van der Waals surface area contributed by atoms with Crippen molar-refractivity contribution in [2.45, 2.75) is 13.0 Å². The van der Waals surface area contributed by atoms with Gasteiger partial charge in [-0.1, -0.05) is 0 Å². The molecule has 1 rings (SSSR count). The number of nitrogens with two attached hydrogens (primary N) is 1. The summed E-state index contributed by atoms with van der Waals surface area (Å²) in [5.74, 6) is -1.36. The third kappa shape index (κ3) is 2.43. The fraction of sp³-hybridized carbons (Fsp3) is 0.333. The molecule has 0 unspecified atom stereocenters. The van der Waals surface area contributed by atoms with E-state index in [9.17, 15) is 9.90 Å².